The minimum absolute atomic E-state index is 0.151. The van der Waals surface area contributed by atoms with Crippen LogP contribution >= 0.6 is 11.6 Å². The fraction of sp³-hybridized carbons (Fsp3) is 0.269. The van der Waals surface area contributed by atoms with Crippen molar-refractivity contribution in [3.63, 3.8) is 0 Å². The first-order valence-electron chi connectivity index (χ1n) is 11.9. The number of nitrogens with two attached hydrogens (primary N) is 1. The van der Waals surface area contributed by atoms with Gasteiger partial charge in [0.15, 0.2) is 21.3 Å². The SMILES string of the molecule is CCS(=O)(=O)C[C@H](COc1ccc(-n2cnc3ccc(-c4ccc(Cl)cc4)n3c2=O)cc1OC)C(N)C(=O)O. The molecule has 1 unspecified atom stereocenters. The average Bonchev–Trinajstić information content (AvgIpc) is 3.36. The summed E-state index contributed by atoms with van der Waals surface area (Å²) in [5.74, 6) is -2.45. The van der Waals surface area contributed by atoms with Crippen LogP contribution in [0.1, 0.15) is 6.92 Å². The van der Waals surface area contributed by atoms with Crippen LogP contribution in [0.5, 0.6) is 11.5 Å². The number of rotatable bonds is 11. The summed E-state index contributed by atoms with van der Waals surface area (Å²) >= 11 is 6.01. The molecule has 0 aliphatic rings. The number of carboxylic acids is 1. The van der Waals surface area contributed by atoms with Crippen molar-refractivity contribution in [2.45, 2.75) is 13.0 Å². The van der Waals surface area contributed by atoms with E-state index in [1.54, 1.807) is 36.4 Å². The first kappa shape index (κ1) is 28.1. The molecule has 4 rings (SSSR count). The highest BCUT2D eigenvalue weighted by Crippen LogP contribution is 2.30. The third-order valence-electron chi connectivity index (χ3n) is 6.28. The fourth-order valence-corrected chi connectivity index (χ4v) is 5.37. The zero-order valence-corrected chi connectivity index (χ0v) is 22.7. The third kappa shape index (κ3) is 6.08. The summed E-state index contributed by atoms with van der Waals surface area (Å²) in [6.45, 7) is 1.20. The molecule has 0 bridgehead atoms. The molecule has 2 heterocycles. The Labute approximate surface area is 229 Å². The Kier molecular flexibility index (Phi) is 8.28. The van der Waals surface area contributed by atoms with Crippen LogP contribution in [0.3, 0.4) is 0 Å². The van der Waals surface area contributed by atoms with Gasteiger partial charge in [0, 0.05) is 22.8 Å². The van der Waals surface area contributed by atoms with Crippen molar-refractivity contribution in [1.82, 2.24) is 14.0 Å². The summed E-state index contributed by atoms with van der Waals surface area (Å²) < 4.78 is 38.3. The molecule has 0 saturated carbocycles. The predicted molar refractivity (Wildman–Crippen MR) is 147 cm³/mol. The van der Waals surface area contributed by atoms with E-state index >= 15 is 0 Å². The minimum Gasteiger partial charge on any atom is -0.493 e. The second-order valence-electron chi connectivity index (χ2n) is 8.79. The number of carbonyl (C=O) groups is 1. The summed E-state index contributed by atoms with van der Waals surface area (Å²) in [7, 11) is -2.11. The lowest BCUT2D eigenvalue weighted by Gasteiger charge is -2.22. The summed E-state index contributed by atoms with van der Waals surface area (Å²) in [6.07, 6.45) is 1.40. The molecule has 4 aromatic rings. The van der Waals surface area contributed by atoms with Crippen LogP contribution in [0.2, 0.25) is 5.02 Å². The normalized spacial score (nSPS) is 13.2. The summed E-state index contributed by atoms with van der Waals surface area (Å²) in [5.41, 5.74) is 7.70. The van der Waals surface area contributed by atoms with E-state index in [1.807, 2.05) is 12.1 Å². The van der Waals surface area contributed by atoms with E-state index < -0.39 is 33.5 Å². The van der Waals surface area contributed by atoms with Gasteiger partial charge in [-0.1, -0.05) is 30.7 Å². The Balaban J connectivity index is 1.66. The van der Waals surface area contributed by atoms with E-state index in [-0.39, 0.29) is 29.5 Å². The van der Waals surface area contributed by atoms with Crippen LogP contribution in [-0.4, -0.2) is 64.7 Å². The van der Waals surface area contributed by atoms with Crippen LogP contribution in [0, 0.1) is 5.92 Å². The first-order chi connectivity index (χ1) is 18.5. The van der Waals surface area contributed by atoms with Gasteiger partial charge >= 0.3 is 11.7 Å². The molecule has 0 fully saturated rings. The molecule has 13 heteroatoms. The molecular formula is C26H27ClN4O7S. The van der Waals surface area contributed by atoms with Gasteiger partial charge in [-0.15, -0.1) is 0 Å². The largest absolute Gasteiger partial charge is 0.493 e. The van der Waals surface area contributed by atoms with Crippen molar-refractivity contribution in [1.29, 1.82) is 0 Å². The molecular weight excluding hydrogens is 548 g/mol. The number of nitrogens with zero attached hydrogens (tertiary/aromatic N) is 3. The first-order valence-corrected chi connectivity index (χ1v) is 14.1. The maximum absolute atomic E-state index is 13.5. The van der Waals surface area contributed by atoms with Gasteiger partial charge in [0.2, 0.25) is 0 Å². The summed E-state index contributed by atoms with van der Waals surface area (Å²) in [5, 5.41) is 9.90. The number of sulfone groups is 1. The highest BCUT2D eigenvalue weighted by molar-refractivity contribution is 7.91. The molecule has 0 aliphatic carbocycles. The van der Waals surface area contributed by atoms with Gasteiger partial charge in [0.25, 0.3) is 0 Å². The predicted octanol–water partition coefficient (Wildman–Crippen LogP) is 2.66. The highest BCUT2D eigenvalue weighted by atomic mass is 35.5. The number of halogens is 1. The van der Waals surface area contributed by atoms with Gasteiger partial charge in [0.05, 0.1) is 30.9 Å². The lowest BCUT2D eigenvalue weighted by molar-refractivity contribution is -0.139. The minimum atomic E-state index is -3.51. The average molecular weight is 575 g/mol. The van der Waals surface area contributed by atoms with Gasteiger partial charge in [-0.05, 0) is 42.0 Å². The maximum Gasteiger partial charge on any atom is 0.340 e. The molecule has 0 aliphatic heterocycles. The van der Waals surface area contributed by atoms with E-state index in [9.17, 15) is 23.1 Å². The van der Waals surface area contributed by atoms with E-state index in [2.05, 4.69) is 4.98 Å². The fourth-order valence-electron chi connectivity index (χ4n) is 4.05. The quantitative estimate of drug-likeness (QED) is 0.275. The number of hydrogen-bond acceptors (Lipinski definition) is 8. The van der Waals surface area contributed by atoms with Crippen molar-refractivity contribution >= 4 is 33.1 Å². The molecule has 2 atom stereocenters. The Morgan fingerprint density at radius 2 is 1.85 bits per heavy atom. The van der Waals surface area contributed by atoms with Gasteiger partial charge in [-0.2, -0.15) is 0 Å². The smallest absolute Gasteiger partial charge is 0.340 e. The summed E-state index contributed by atoms with van der Waals surface area (Å²) in [6, 6.07) is 13.9. The zero-order valence-electron chi connectivity index (χ0n) is 21.2. The molecule has 2 aromatic carbocycles. The maximum atomic E-state index is 13.5. The number of hydrogen-bond donors (Lipinski definition) is 2. The third-order valence-corrected chi connectivity index (χ3v) is 8.35. The molecule has 11 nitrogen and oxygen atoms in total. The monoisotopic (exact) mass is 574 g/mol. The Morgan fingerprint density at radius 3 is 2.49 bits per heavy atom. The number of benzene rings is 2. The molecule has 0 amide bonds. The van der Waals surface area contributed by atoms with Crippen LogP contribution in [0.4, 0.5) is 0 Å². The van der Waals surface area contributed by atoms with Crippen molar-refractivity contribution in [3.8, 4) is 28.4 Å². The van der Waals surface area contributed by atoms with E-state index in [1.165, 1.54) is 35.4 Å². The molecule has 0 saturated heterocycles. The van der Waals surface area contributed by atoms with Gasteiger partial charge < -0.3 is 20.3 Å². The van der Waals surface area contributed by atoms with Crippen LogP contribution in [0.15, 0.2) is 65.7 Å². The van der Waals surface area contributed by atoms with Gasteiger partial charge in [-0.3, -0.25) is 9.36 Å². The summed E-state index contributed by atoms with van der Waals surface area (Å²) in [4.78, 5) is 29.4. The molecule has 2 aromatic heterocycles. The zero-order chi connectivity index (χ0) is 28.3. The van der Waals surface area contributed by atoms with E-state index in [4.69, 9.17) is 26.8 Å². The van der Waals surface area contributed by atoms with Crippen LogP contribution in [0.25, 0.3) is 22.6 Å². The number of aliphatic carboxylic acids is 1. The standard InChI is InChI=1S/C26H27ClN4O7S/c1-3-39(35,36)14-17(24(28)25(32)33)13-38-21-10-8-19(12-22(21)37-2)30-15-29-23-11-9-20(31(23)26(30)34)16-4-6-18(27)7-5-16/h4-12,15,17,24H,3,13-14,28H2,1-2H3,(H,32,33)/t17-,24?/m0/s1. The molecule has 206 valence electrons. The number of methoxy groups -OCH3 is 1. The lowest BCUT2D eigenvalue weighted by atomic mass is 10.0. The van der Waals surface area contributed by atoms with Crippen LogP contribution in [-0.2, 0) is 14.6 Å². The highest BCUT2D eigenvalue weighted by Gasteiger charge is 2.29. The van der Waals surface area contributed by atoms with Crippen molar-refractivity contribution in [2.75, 3.05) is 25.2 Å². The van der Waals surface area contributed by atoms with Crippen molar-refractivity contribution in [3.05, 3.63) is 76.4 Å². The second kappa shape index (κ2) is 11.5. The molecule has 3 N–H and O–H groups in total. The number of aromatic nitrogens is 3. The van der Waals surface area contributed by atoms with Gasteiger partial charge in [0.1, 0.15) is 18.0 Å². The number of carboxylic acid groups (broad SMARTS) is 1. The molecule has 39 heavy (non-hydrogen) atoms. The molecule has 0 spiro atoms. The lowest BCUT2D eigenvalue weighted by Crippen LogP contribution is -2.44. The van der Waals surface area contributed by atoms with Crippen molar-refractivity contribution < 1.29 is 27.8 Å². The number of ether oxygens (including phenoxy) is 2. The Bertz CT molecular complexity index is 1670. The van der Waals surface area contributed by atoms with Gasteiger partial charge in [-0.25, -0.2) is 22.6 Å². The Hall–Kier alpha value is -3.87. The molecule has 0 radical (unpaired) electrons. The van der Waals surface area contributed by atoms with E-state index in [0.717, 1.165) is 5.56 Å². The van der Waals surface area contributed by atoms with E-state index in [0.29, 0.717) is 22.1 Å². The second-order valence-corrected chi connectivity index (χ2v) is 11.6. The van der Waals surface area contributed by atoms with Crippen LogP contribution < -0.4 is 20.9 Å². The topological polar surface area (TPSA) is 155 Å². The number of fused-ring (bicyclic) bond motifs is 1. The van der Waals surface area contributed by atoms with Crippen molar-refractivity contribution in [2.24, 2.45) is 11.7 Å². The Morgan fingerprint density at radius 1 is 1.13 bits per heavy atom.